The van der Waals surface area contributed by atoms with E-state index in [2.05, 4.69) is 0 Å². The molecule has 0 aromatic heterocycles. The minimum Gasteiger partial charge on any atom is -0.489 e. The van der Waals surface area contributed by atoms with Gasteiger partial charge in [0.2, 0.25) is 4.87 Å². The van der Waals surface area contributed by atoms with Crippen LogP contribution in [-0.4, -0.2) is 31.6 Å². The number of esters is 1. The van der Waals surface area contributed by atoms with E-state index < -0.39 is 16.8 Å². The van der Waals surface area contributed by atoms with Crippen LogP contribution in [0.25, 0.3) is 0 Å². The zero-order valence-electron chi connectivity index (χ0n) is 10.6. The summed E-state index contributed by atoms with van der Waals surface area (Å²) in [6.45, 7) is 2.46. The summed E-state index contributed by atoms with van der Waals surface area (Å²) in [5.74, 6) is -0.844. The predicted molar refractivity (Wildman–Crippen MR) is 73.5 cm³/mol. The number of alkyl halides is 1. The SMILES string of the molecule is CCOC(=O)C1(Cl)C(=O)N2CCOc3cc(Cl)cc1c32. The Kier molecular flexibility index (Phi) is 3.06. The number of nitrogens with zero attached hydrogens (tertiary/aromatic N) is 1. The van der Waals surface area contributed by atoms with Crippen molar-refractivity contribution in [1.82, 2.24) is 0 Å². The Morgan fingerprint density at radius 3 is 3.00 bits per heavy atom. The third kappa shape index (κ3) is 1.63. The maximum Gasteiger partial charge on any atom is 0.341 e. The summed E-state index contributed by atoms with van der Waals surface area (Å²) in [5.41, 5.74) is 0.832. The average molecular weight is 316 g/mol. The molecule has 5 nitrogen and oxygen atoms in total. The Balaban J connectivity index is 2.22. The first kappa shape index (κ1) is 13.5. The Bertz CT molecular complexity index is 619. The zero-order valence-corrected chi connectivity index (χ0v) is 12.1. The topological polar surface area (TPSA) is 55.8 Å². The number of ether oxygens (including phenoxy) is 2. The van der Waals surface area contributed by atoms with Crippen LogP contribution in [0.3, 0.4) is 0 Å². The van der Waals surface area contributed by atoms with Gasteiger partial charge >= 0.3 is 5.97 Å². The molecule has 7 heteroatoms. The molecule has 1 atom stereocenters. The van der Waals surface area contributed by atoms with Crippen molar-refractivity contribution < 1.29 is 19.1 Å². The van der Waals surface area contributed by atoms with Gasteiger partial charge in [-0.2, -0.15) is 0 Å². The first-order valence-electron chi connectivity index (χ1n) is 6.15. The van der Waals surface area contributed by atoms with E-state index in [1.54, 1.807) is 13.0 Å². The molecule has 0 N–H and O–H groups in total. The molecule has 1 amide bonds. The fraction of sp³-hybridized carbons (Fsp3) is 0.385. The molecule has 0 saturated carbocycles. The molecule has 0 radical (unpaired) electrons. The molecule has 0 aliphatic carbocycles. The lowest BCUT2D eigenvalue weighted by Gasteiger charge is -2.25. The van der Waals surface area contributed by atoms with Gasteiger partial charge in [-0.1, -0.05) is 23.2 Å². The summed E-state index contributed by atoms with van der Waals surface area (Å²) in [6, 6.07) is 3.12. The Hall–Kier alpha value is -1.46. The van der Waals surface area contributed by atoms with Crippen LogP contribution in [0.1, 0.15) is 12.5 Å². The minimum atomic E-state index is -1.88. The van der Waals surface area contributed by atoms with Crippen molar-refractivity contribution in [2.24, 2.45) is 0 Å². The van der Waals surface area contributed by atoms with Crippen molar-refractivity contribution in [1.29, 1.82) is 0 Å². The average Bonchev–Trinajstić information content (AvgIpc) is 2.64. The monoisotopic (exact) mass is 315 g/mol. The fourth-order valence-corrected chi connectivity index (χ4v) is 3.02. The number of carbonyl (C=O) groups excluding carboxylic acids is 2. The Morgan fingerprint density at radius 1 is 1.55 bits per heavy atom. The molecule has 20 heavy (non-hydrogen) atoms. The molecule has 2 aliphatic heterocycles. The molecular formula is C13H11Cl2NO4. The van der Waals surface area contributed by atoms with E-state index >= 15 is 0 Å². The number of hydrogen-bond donors (Lipinski definition) is 0. The normalized spacial score (nSPS) is 23.4. The van der Waals surface area contributed by atoms with Gasteiger partial charge in [-0.25, -0.2) is 4.79 Å². The molecular weight excluding hydrogens is 305 g/mol. The standard InChI is InChI=1S/C13H11Cl2NO4/c1-2-19-12(18)13(15)8-5-7(14)6-9-10(8)16(11(13)17)3-4-20-9/h5-6H,2-4H2,1H3. The van der Waals surface area contributed by atoms with Crippen molar-refractivity contribution >= 4 is 40.8 Å². The highest BCUT2D eigenvalue weighted by Crippen LogP contribution is 2.52. The number of rotatable bonds is 2. The quantitative estimate of drug-likeness (QED) is 0.476. The van der Waals surface area contributed by atoms with E-state index in [4.69, 9.17) is 32.7 Å². The predicted octanol–water partition coefficient (Wildman–Crippen LogP) is 2.08. The zero-order chi connectivity index (χ0) is 14.5. The van der Waals surface area contributed by atoms with Crippen molar-refractivity contribution in [3.8, 4) is 5.75 Å². The summed E-state index contributed by atoms with van der Waals surface area (Å²) in [4.78, 5) is 24.3. The molecule has 0 fully saturated rings. The van der Waals surface area contributed by atoms with Crippen molar-refractivity contribution in [2.45, 2.75) is 11.8 Å². The van der Waals surface area contributed by atoms with E-state index in [0.717, 1.165) is 0 Å². The van der Waals surface area contributed by atoms with Crippen LogP contribution in [0.2, 0.25) is 5.02 Å². The minimum absolute atomic E-state index is 0.139. The van der Waals surface area contributed by atoms with Gasteiger partial charge in [-0.05, 0) is 13.0 Å². The maximum absolute atomic E-state index is 12.5. The second-order valence-corrected chi connectivity index (χ2v) is 5.49. The number of anilines is 1. The van der Waals surface area contributed by atoms with Gasteiger partial charge in [0.05, 0.1) is 18.8 Å². The van der Waals surface area contributed by atoms with E-state index in [0.29, 0.717) is 35.2 Å². The molecule has 0 spiro atoms. The van der Waals surface area contributed by atoms with Gasteiger partial charge in [-0.3, -0.25) is 4.79 Å². The molecule has 1 aromatic carbocycles. The molecule has 0 bridgehead atoms. The van der Waals surface area contributed by atoms with E-state index in [-0.39, 0.29) is 6.61 Å². The first-order valence-corrected chi connectivity index (χ1v) is 6.90. The third-order valence-electron chi connectivity index (χ3n) is 3.35. The van der Waals surface area contributed by atoms with Crippen LogP contribution in [0.4, 0.5) is 5.69 Å². The van der Waals surface area contributed by atoms with Gasteiger partial charge in [0.25, 0.3) is 5.91 Å². The molecule has 2 aliphatic rings. The Labute approximate surface area is 125 Å². The van der Waals surface area contributed by atoms with Gasteiger partial charge in [0, 0.05) is 16.7 Å². The van der Waals surface area contributed by atoms with Crippen molar-refractivity contribution in [3.05, 3.63) is 22.7 Å². The molecule has 1 aromatic rings. The highest BCUT2D eigenvalue weighted by Gasteiger charge is 2.58. The Morgan fingerprint density at radius 2 is 2.30 bits per heavy atom. The number of benzene rings is 1. The second-order valence-electron chi connectivity index (χ2n) is 4.48. The lowest BCUT2D eigenvalue weighted by molar-refractivity contribution is -0.149. The van der Waals surface area contributed by atoms with Gasteiger partial charge < -0.3 is 14.4 Å². The summed E-state index contributed by atoms with van der Waals surface area (Å²) in [5, 5.41) is 0.352. The van der Waals surface area contributed by atoms with E-state index in [9.17, 15) is 9.59 Å². The van der Waals surface area contributed by atoms with Gasteiger partial charge in [0.15, 0.2) is 0 Å². The first-order chi connectivity index (χ1) is 9.50. The van der Waals surface area contributed by atoms with Gasteiger partial charge in [-0.15, -0.1) is 0 Å². The van der Waals surface area contributed by atoms with Crippen LogP contribution in [0.15, 0.2) is 12.1 Å². The number of hydrogen-bond acceptors (Lipinski definition) is 4. The summed E-state index contributed by atoms with van der Waals surface area (Å²) >= 11 is 12.4. The highest BCUT2D eigenvalue weighted by atomic mass is 35.5. The van der Waals surface area contributed by atoms with Crippen molar-refractivity contribution in [3.63, 3.8) is 0 Å². The van der Waals surface area contributed by atoms with E-state index in [1.165, 1.54) is 11.0 Å². The smallest absolute Gasteiger partial charge is 0.341 e. The number of halogens is 2. The molecule has 3 rings (SSSR count). The van der Waals surface area contributed by atoms with Crippen LogP contribution >= 0.6 is 23.2 Å². The second kappa shape index (κ2) is 4.53. The largest absolute Gasteiger partial charge is 0.489 e. The maximum atomic E-state index is 12.5. The fourth-order valence-electron chi connectivity index (χ4n) is 2.52. The summed E-state index contributed by atoms with van der Waals surface area (Å²) in [6.07, 6.45) is 0. The van der Waals surface area contributed by atoms with Crippen LogP contribution in [-0.2, 0) is 19.2 Å². The van der Waals surface area contributed by atoms with Crippen LogP contribution in [0.5, 0.6) is 5.75 Å². The van der Waals surface area contributed by atoms with Crippen LogP contribution in [0, 0.1) is 0 Å². The molecule has 1 unspecified atom stereocenters. The van der Waals surface area contributed by atoms with Crippen LogP contribution < -0.4 is 9.64 Å². The van der Waals surface area contributed by atoms with E-state index in [1.807, 2.05) is 0 Å². The lowest BCUT2D eigenvalue weighted by Crippen LogP contribution is -2.44. The highest BCUT2D eigenvalue weighted by molar-refractivity contribution is 6.49. The summed E-state index contributed by atoms with van der Waals surface area (Å²) in [7, 11) is 0. The van der Waals surface area contributed by atoms with Crippen molar-refractivity contribution in [2.75, 3.05) is 24.7 Å². The molecule has 106 valence electrons. The third-order valence-corrected chi connectivity index (χ3v) is 4.09. The lowest BCUT2D eigenvalue weighted by atomic mass is 9.99. The van der Waals surface area contributed by atoms with Gasteiger partial charge in [0.1, 0.15) is 12.4 Å². The number of amides is 1. The summed E-state index contributed by atoms with van der Waals surface area (Å²) < 4.78 is 10.4. The molecule has 2 heterocycles. The number of carbonyl (C=O) groups is 2. The molecule has 0 saturated heterocycles.